The average Bonchev–Trinajstić information content (AvgIpc) is 2.97. The molecule has 2 aromatic rings. The molecule has 0 saturated carbocycles. The third kappa shape index (κ3) is 3.64. The normalized spacial score (nSPS) is 11.9. The van der Waals surface area contributed by atoms with Gasteiger partial charge >= 0.3 is 0 Å². The molecule has 4 nitrogen and oxygen atoms in total. The van der Waals surface area contributed by atoms with Crippen LogP contribution in [-0.4, -0.2) is 15.5 Å². The Kier molecular flexibility index (Phi) is 4.75. The van der Waals surface area contributed by atoms with Crippen molar-refractivity contribution >= 4 is 32.7 Å². The molecule has 0 unspecified atom stereocenters. The molecule has 104 valence electrons. The highest BCUT2D eigenvalue weighted by atomic mass is 32.2. The third-order valence-electron chi connectivity index (χ3n) is 2.56. The van der Waals surface area contributed by atoms with Crippen LogP contribution in [-0.2, 0) is 23.1 Å². The molecule has 0 aromatic carbocycles. The van der Waals surface area contributed by atoms with Gasteiger partial charge in [0.2, 0.25) is 10.0 Å². The van der Waals surface area contributed by atoms with Gasteiger partial charge in [-0.15, -0.1) is 22.7 Å². The van der Waals surface area contributed by atoms with Crippen molar-refractivity contribution in [3.8, 4) is 0 Å². The van der Waals surface area contributed by atoms with Crippen LogP contribution in [0.3, 0.4) is 0 Å². The second kappa shape index (κ2) is 6.15. The van der Waals surface area contributed by atoms with Crippen molar-refractivity contribution in [3.63, 3.8) is 0 Å². The SMILES string of the molecule is CNCc1sccc1S(=O)(=O)NCc1ccc(C)s1. The number of hydrogen-bond donors (Lipinski definition) is 2. The Morgan fingerprint density at radius 1 is 1.21 bits per heavy atom. The van der Waals surface area contributed by atoms with E-state index in [1.807, 2.05) is 19.1 Å². The zero-order valence-corrected chi connectivity index (χ0v) is 13.2. The molecule has 2 aromatic heterocycles. The van der Waals surface area contributed by atoms with Crippen molar-refractivity contribution in [2.24, 2.45) is 0 Å². The van der Waals surface area contributed by atoms with Gasteiger partial charge < -0.3 is 5.32 Å². The van der Waals surface area contributed by atoms with Crippen molar-refractivity contribution in [2.75, 3.05) is 7.05 Å². The maximum absolute atomic E-state index is 12.2. The number of nitrogens with one attached hydrogen (secondary N) is 2. The first-order valence-electron chi connectivity index (χ1n) is 5.79. The van der Waals surface area contributed by atoms with Gasteiger partial charge in [-0.3, -0.25) is 0 Å². The molecule has 0 aliphatic heterocycles. The van der Waals surface area contributed by atoms with Gasteiger partial charge in [0.25, 0.3) is 0 Å². The Morgan fingerprint density at radius 2 is 2.00 bits per heavy atom. The second-order valence-corrected chi connectivity index (χ2v) is 8.18. The summed E-state index contributed by atoms with van der Waals surface area (Å²) < 4.78 is 27.1. The molecule has 0 amide bonds. The summed E-state index contributed by atoms with van der Waals surface area (Å²) in [7, 11) is -1.63. The van der Waals surface area contributed by atoms with Gasteiger partial charge in [0.1, 0.15) is 0 Å². The highest BCUT2D eigenvalue weighted by Gasteiger charge is 2.19. The fourth-order valence-electron chi connectivity index (χ4n) is 1.68. The van der Waals surface area contributed by atoms with Crippen LogP contribution in [0.5, 0.6) is 0 Å². The minimum absolute atomic E-state index is 0.343. The summed E-state index contributed by atoms with van der Waals surface area (Å²) in [6, 6.07) is 5.59. The summed E-state index contributed by atoms with van der Waals surface area (Å²) in [5.74, 6) is 0. The molecule has 0 saturated heterocycles. The molecule has 0 fully saturated rings. The van der Waals surface area contributed by atoms with E-state index in [4.69, 9.17) is 0 Å². The van der Waals surface area contributed by atoms with E-state index in [2.05, 4.69) is 10.0 Å². The molecule has 2 heterocycles. The molecule has 0 atom stereocenters. The smallest absolute Gasteiger partial charge is 0.242 e. The van der Waals surface area contributed by atoms with Gasteiger partial charge in [-0.1, -0.05) is 0 Å². The fourth-order valence-corrected chi connectivity index (χ4v) is 5.06. The van der Waals surface area contributed by atoms with Gasteiger partial charge in [0, 0.05) is 27.7 Å². The molecular formula is C12H16N2O2S3. The van der Waals surface area contributed by atoms with E-state index in [1.54, 1.807) is 29.8 Å². The number of hydrogen-bond acceptors (Lipinski definition) is 5. The average molecular weight is 316 g/mol. The van der Waals surface area contributed by atoms with Gasteiger partial charge in [0.05, 0.1) is 4.90 Å². The van der Waals surface area contributed by atoms with Crippen LogP contribution in [0.25, 0.3) is 0 Å². The highest BCUT2D eigenvalue weighted by molar-refractivity contribution is 7.89. The highest BCUT2D eigenvalue weighted by Crippen LogP contribution is 2.22. The van der Waals surface area contributed by atoms with Crippen molar-refractivity contribution in [2.45, 2.75) is 24.9 Å². The predicted molar refractivity (Wildman–Crippen MR) is 80.2 cm³/mol. The van der Waals surface area contributed by atoms with Gasteiger partial charge in [-0.05, 0) is 37.6 Å². The van der Waals surface area contributed by atoms with E-state index >= 15 is 0 Å². The number of thiophene rings is 2. The molecule has 0 bridgehead atoms. The van der Waals surface area contributed by atoms with Gasteiger partial charge in [0.15, 0.2) is 0 Å². The third-order valence-corrected chi connectivity index (χ3v) is 6.10. The molecular weight excluding hydrogens is 300 g/mol. The van der Waals surface area contributed by atoms with E-state index in [0.717, 1.165) is 9.75 Å². The molecule has 0 aliphatic rings. The first-order valence-corrected chi connectivity index (χ1v) is 8.97. The van der Waals surface area contributed by atoms with E-state index in [9.17, 15) is 8.42 Å². The van der Waals surface area contributed by atoms with Crippen LogP contribution < -0.4 is 10.0 Å². The maximum Gasteiger partial charge on any atom is 0.242 e. The molecule has 7 heteroatoms. The summed E-state index contributed by atoms with van der Waals surface area (Å²) >= 11 is 3.05. The number of aryl methyl sites for hydroxylation is 1. The fraction of sp³-hybridized carbons (Fsp3) is 0.333. The van der Waals surface area contributed by atoms with Crippen LogP contribution in [0.4, 0.5) is 0 Å². The zero-order chi connectivity index (χ0) is 13.9. The van der Waals surface area contributed by atoms with Crippen molar-refractivity contribution in [1.82, 2.24) is 10.0 Å². The maximum atomic E-state index is 12.2. The lowest BCUT2D eigenvalue weighted by atomic mass is 10.4. The molecule has 2 rings (SSSR count). The molecule has 0 aliphatic carbocycles. The standard InChI is InChI=1S/C12H16N2O2S3/c1-9-3-4-10(18-9)7-14-19(15,16)12-5-6-17-11(12)8-13-2/h3-6,13-14H,7-8H2,1-2H3. The van der Waals surface area contributed by atoms with Crippen LogP contribution >= 0.6 is 22.7 Å². The summed E-state index contributed by atoms with van der Waals surface area (Å²) in [5, 5.41) is 4.78. The first kappa shape index (κ1) is 14.7. The van der Waals surface area contributed by atoms with Crippen molar-refractivity contribution < 1.29 is 8.42 Å². The quantitative estimate of drug-likeness (QED) is 0.860. The lowest BCUT2D eigenvalue weighted by Gasteiger charge is -2.06. The minimum atomic E-state index is -3.43. The van der Waals surface area contributed by atoms with E-state index in [1.165, 1.54) is 16.2 Å². The van der Waals surface area contributed by atoms with Gasteiger partial charge in [-0.2, -0.15) is 0 Å². The minimum Gasteiger partial charge on any atom is -0.315 e. The summed E-state index contributed by atoms with van der Waals surface area (Å²) in [6.45, 7) is 2.91. The number of rotatable bonds is 6. The zero-order valence-electron chi connectivity index (χ0n) is 10.8. The molecule has 0 radical (unpaired) electrons. The summed E-state index contributed by atoms with van der Waals surface area (Å²) in [6.07, 6.45) is 0. The molecule has 0 spiro atoms. The van der Waals surface area contributed by atoms with E-state index in [-0.39, 0.29) is 0 Å². The Morgan fingerprint density at radius 3 is 2.63 bits per heavy atom. The largest absolute Gasteiger partial charge is 0.315 e. The molecule has 19 heavy (non-hydrogen) atoms. The van der Waals surface area contributed by atoms with Crippen molar-refractivity contribution in [3.05, 3.63) is 38.2 Å². The van der Waals surface area contributed by atoms with E-state index in [0.29, 0.717) is 18.0 Å². The second-order valence-electron chi connectivity index (χ2n) is 4.08. The monoisotopic (exact) mass is 316 g/mol. The Hall–Kier alpha value is -0.730. The van der Waals surface area contributed by atoms with Crippen molar-refractivity contribution in [1.29, 1.82) is 0 Å². The summed E-state index contributed by atoms with van der Waals surface area (Å²) in [4.78, 5) is 3.41. The lowest BCUT2D eigenvalue weighted by molar-refractivity contribution is 0.580. The number of sulfonamides is 1. The Labute approximate surface area is 121 Å². The van der Waals surface area contributed by atoms with E-state index < -0.39 is 10.0 Å². The Balaban J connectivity index is 2.11. The lowest BCUT2D eigenvalue weighted by Crippen LogP contribution is -2.23. The van der Waals surface area contributed by atoms with Crippen LogP contribution in [0.15, 0.2) is 28.5 Å². The topological polar surface area (TPSA) is 58.2 Å². The Bertz CT molecular complexity index is 643. The van der Waals surface area contributed by atoms with Gasteiger partial charge in [-0.25, -0.2) is 13.1 Å². The van der Waals surface area contributed by atoms with Crippen LogP contribution in [0.2, 0.25) is 0 Å². The van der Waals surface area contributed by atoms with Crippen LogP contribution in [0.1, 0.15) is 14.6 Å². The van der Waals surface area contributed by atoms with Crippen LogP contribution in [0, 0.1) is 6.92 Å². The predicted octanol–water partition coefficient (Wildman–Crippen LogP) is 2.32. The first-order chi connectivity index (χ1) is 9.03. The molecule has 2 N–H and O–H groups in total. The summed E-state index contributed by atoms with van der Waals surface area (Å²) in [5.41, 5.74) is 0.